The zero-order chi connectivity index (χ0) is 19.1. The smallest absolute Gasteiger partial charge is 0.301 e. The number of benzene rings is 1. The molecule has 1 amide bonds. The Hall–Kier alpha value is -2.98. The Morgan fingerprint density at radius 1 is 1.19 bits per heavy atom. The van der Waals surface area contributed by atoms with Crippen molar-refractivity contribution in [2.45, 2.75) is 6.04 Å². The van der Waals surface area contributed by atoms with Gasteiger partial charge in [0.15, 0.2) is 11.6 Å². The summed E-state index contributed by atoms with van der Waals surface area (Å²) >= 11 is 2.41. The second-order valence-corrected chi connectivity index (χ2v) is 7.17. The van der Waals surface area contributed by atoms with Gasteiger partial charge in [-0.1, -0.05) is 11.3 Å². The van der Waals surface area contributed by atoms with Crippen molar-refractivity contribution in [3.63, 3.8) is 0 Å². The van der Waals surface area contributed by atoms with Gasteiger partial charge in [0.05, 0.1) is 11.6 Å². The maximum Gasteiger partial charge on any atom is 0.301 e. The highest BCUT2D eigenvalue weighted by Crippen LogP contribution is 2.43. The molecular formula is C17H9F2N3O3S2. The third-order valence-electron chi connectivity index (χ3n) is 4.05. The number of nitrogens with zero attached hydrogens (tertiary/aromatic N) is 3. The number of carbonyl (C=O) groups excluding carboxylic acids is 2. The van der Waals surface area contributed by atoms with Gasteiger partial charge < -0.3 is 5.11 Å². The van der Waals surface area contributed by atoms with Crippen LogP contribution in [0.5, 0.6) is 0 Å². The SMILES string of the molecule is O=C1C(=O)N(c2nncs2)C(c2ccsc2)/C1=C(\O)c1ccc(F)c(F)c1. The molecule has 3 aromatic rings. The number of ketones is 1. The van der Waals surface area contributed by atoms with Gasteiger partial charge in [0.25, 0.3) is 5.78 Å². The number of aliphatic hydroxyl groups is 1. The molecule has 1 aliphatic heterocycles. The number of aliphatic hydroxyl groups excluding tert-OH is 1. The van der Waals surface area contributed by atoms with Gasteiger partial charge in [0, 0.05) is 5.56 Å². The van der Waals surface area contributed by atoms with Gasteiger partial charge in [-0.2, -0.15) is 11.3 Å². The summed E-state index contributed by atoms with van der Waals surface area (Å²) in [4.78, 5) is 26.4. The van der Waals surface area contributed by atoms with Crippen LogP contribution in [0.2, 0.25) is 0 Å². The first kappa shape index (κ1) is 17.4. The maximum atomic E-state index is 13.6. The molecule has 1 fully saturated rings. The van der Waals surface area contributed by atoms with Crippen LogP contribution < -0.4 is 4.90 Å². The summed E-state index contributed by atoms with van der Waals surface area (Å²) in [6, 6.07) is 3.50. The average Bonchev–Trinajstić information content (AvgIpc) is 3.39. The minimum Gasteiger partial charge on any atom is -0.507 e. The Balaban J connectivity index is 1.93. The molecule has 6 nitrogen and oxygen atoms in total. The average molecular weight is 405 g/mol. The van der Waals surface area contributed by atoms with Gasteiger partial charge in [-0.3, -0.25) is 14.5 Å². The van der Waals surface area contributed by atoms with Gasteiger partial charge >= 0.3 is 5.91 Å². The first-order valence-electron chi connectivity index (χ1n) is 7.53. The summed E-state index contributed by atoms with van der Waals surface area (Å²) in [6.07, 6.45) is 0. The zero-order valence-corrected chi connectivity index (χ0v) is 14.9. The molecule has 1 atom stereocenters. The highest BCUT2D eigenvalue weighted by atomic mass is 32.1. The van der Waals surface area contributed by atoms with Crippen LogP contribution in [0.15, 0.2) is 46.1 Å². The fourth-order valence-electron chi connectivity index (χ4n) is 2.85. The Morgan fingerprint density at radius 2 is 2.00 bits per heavy atom. The molecule has 0 saturated carbocycles. The molecule has 0 aliphatic carbocycles. The normalized spacial score (nSPS) is 19.0. The van der Waals surface area contributed by atoms with Crippen molar-refractivity contribution in [1.29, 1.82) is 0 Å². The standard InChI is InChI=1S/C17H9F2N3O3S2/c18-10-2-1-8(5-11(10)19)14(23)12-13(9-3-4-26-6-9)22(16(25)15(12)24)17-21-20-7-27-17/h1-7,13,23H/b14-12+. The molecule has 1 saturated heterocycles. The van der Waals surface area contributed by atoms with Crippen LogP contribution in [-0.4, -0.2) is 27.0 Å². The second-order valence-electron chi connectivity index (χ2n) is 5.58. The Morgan fingerprint density at radius 3 is 2.63 bits per heavy atom. The first-order chi connectivity index (χ1) is 13.0. The first-order valence-corrected chi connectivity index (χ1v) is 9.36. The Kier molecular flexibility index (Phi) is 4.28. The van der Waals surface area contributed by atoms with Crippen LogP contribution in [-0.2, 0) is 9.59 Å². The van der Waals surface area contributed by atoms with E-state index in [1.54, 1.807) is 16.8 Å². The van der Waals surface area contributed by atoms with Crippen molar-refractivity contribution in [3.8, 4) is 0 Å². The van der Waals surface area contributed by atoms with Crippen molar-refractivity contribution in [3.05, 3.63) is 68.9 Å². The maximum absolute atomic E-state index is 13.6. The van der Waals surface area contributed by atoms with E-state index < -0.39 is 35.1 Å². The number of aromatic nitrogens is 2. The number of amides is 1. The number of thiophene rings is 1. The fourth-order valence-corrected chi connectivity index (χ4v) is 4.11. The van der Waals surface area contributed by atoms with Crippen LogP contribution in [0.1, 0.15) is 17.2 Å². The van der Waals surface area contributed by atoms with E-state index in [4.69, 9.17) is 0 Å². The van der Waals surface area contributed by atoms with E-state index in [9.17, 15) is 23.5 Å². The third kappa shape index (κ3) is 2.82. The van der Waals surface area contributed by atoms with Gasteiger partial charge in [-0.25, -0.2) is 8.78 Å². The van der Waals surface area contributed by atoms with E-state index in [0.29, 0.717) is 5.56 Å². The zero-order valence-electron chi connectivity index (χ0n) is 13.3. The van der Waals surface area contributed by atoms with Crippen LogP contribution in [0, 0.1) is 11.6 Å². The largest absolute Gasteiger partial charge is 0.507 e. The number of hydrogen-bond acceptors (Lipinski definition) is 7. The summed E-state index contributed by atoms with van der Waals surface area (Å²) in [5.74, 6) is -4.68. The van der Waals surface area contributed by atoms with E-state index in [-0.39, 0.29) is 16.3 Å². The lowest BCUT2D eigenvalue weighted by molar-refractivity contribution is -0.132. The summed E-state index contributed by atoms with van der Waals surface area (Å²) in [5.41, 5.74) is 1.66. The molecule has 1 unspecified atom stereocenters. The lowest BCUT2D eigenvalue weighted by Gasteiger charge is -2.21. The van der Waals surface area contributed by atoms with Crippen molar-refractivity contribution < 1.29 is 23.5 Å². The van der Waals surface area contributed by atoms with Crippen molar-refractivity contribution in [2.24, 2.45) is 0 Å². The number of rotatable bonds is 3. The Labute approximate surface area is 159 Å². The van der Waals surface area contributed by atoms with E-state index in [1.807, 2.05) is 0 Å². The van der Waals surface area contributed by atoms with Crippen LogP contribution in [0.4, 0.5) is 13.9 Å². The number of hydrogen-bond donors (Lipinski definition) is 1. The third-order valence-corrected chi connectivity index (χ3v) is 5.44. The summed E-state index contributed by atoms with van der Waals surface area (Å²) in [7, 11) is 0. The Bertz CT molecular complexity index is 1070. The van der Waals surface area contributed by atoms with E-state index in [1.165, 1.54) is 16.8 Å². The molecule has 10 heteroatoms. The topological polar surface area (TPSA) is 83.4 Å². The van der Waals surface area contributed by atoms with Gasteiger partial charge in [-0.05, 0) is 40.6 Å². The van der Waals surface area contributed by atoms with E-state index in [0.717, 1.165) is 34.4 Å². The predicted molar refractivity (Wildman–Crippen MR) is 95.4 cm³/mol. The van der Waals surface area contributed by atoms with Crippen LogP contribution >= 0.6 is 22.7 Å². The fraction of sp³-hybridized carbons (Fsp3) is 0.0588. The molecule has 2 aromatic heterocycles. The molecule has 136 valence electrons. The molecule has 1 N–H and O–H groups in total. The van der Waals surface area contributed by atoms with E-state index >= 15 is 0 Å². The molecule has 4 rings (SSSR count). The molecule has 0 radical (unpaired) electrons. The van der Waals surface area contributed by atoms with Crippen molar-refractivity contribution >= 4 is 45.3 Å². The number of carbonyl (C=O) groups is 2. The lowest BCUT2D eigenvalue weighted by Crippen LogP contribution is -2.29. The number of anilines is 1. The molecule has 1 aromatic carbocycles. The molecular weight excluding hydrogens is 396 g/mol. The molecule has 0 spiro atoms. The highest BCUT2D eigenvalue weighted by molar-refractivity contribution is 7.13. The van der Waals surface area contributed by atoms with Crippen molar-refractivity contribution in [1.82, 2.24) is 10.2 Å². The van der Waals surface area contributed by atoms with Crippen LogP contribution in [0.3, 0.4) is 0 Å². The molecule has 0 bridgehead atoms. The van der Waals surface area contributed by atoms with Crippen LogP contribution in [0.25, 0.3) is 5.76 Å². The van der Waals surface area contributed by atoms with E-state index in [2.05, 4.69) is 10.2 Å². The highest BCUT2D eigenvalue weighted by Gasteiger charge is 2.48. The predicted octanol–water partition coefficient (Wildman–Crippen LogP) is 3.50. The summed E-state index contributed by atoms with van der Waals surface area (Å²) in [5, 5.41) is 21.9. The minimum absolute atomic E-state index is 0.107. The minimum atomic E-state index is -1.18. The number of halogens is 2. The summed E-state index contributed by atoms with van der Waals surface area (Å²) in [6.45, 7) is 0. The monoisotopic (exact) mass is 405 g/mol. The molecule has 27 heavy (non-hydrogen) atoms. The van der Waals surface area contributed by atoms with Gasteiger partial charge in [0.1, 0.15) is 11.3 Å². The molecule has 3 heterocycles. The summed E-state index contributed by atoms with van der Waals surface area (Å²) < 4.78 is 26.8. The van der Waals surface area contributed by atoms with Gasteiger partial charge in [-0.15, -0.1) is 10.2 Å². The van der Waals surface area contributed by atoms with Crippen molar-refractivity contribution in [2.75, 3.05) is 4.90 Å². The lowest BCUT2D eigenvalue weighted by atomic mass is 9.97. The van der Waals surface area contributed by atoms with Gasteiger partial charge in [0.2, 0.25) is 5.13 Å². The second kappa shape index (κ2) is 6.63. The number of Topliss-reactive ketones (excluding diaryl/α,β-unsaturated/α-hetero) is 1. The molecule has 1 aliphatic rings. The quantitative estimate of drug-likeness (QED) is 0.410.